The SMILES string of the molecule is NC(=O)[C@@H]1C[C@@H](ONC(=O)[C@@H]2CC[C@@H]3CN2C(=O)N3OS(=O)(=O)O)CN1. The Morgan fingerprint density at radius 1 is 1.35 bits per heavy atom. The molecule has 3 heterocycles. The molecule has 14 heteroatoms. The number of rotatable bonds is 6. The molecule has 0 aromatic heterocycles. The van der Waals surface area contributed by atoms with Crippen LogP contribution < -0.4 is 16.5 Å². The van der Waals surface area contributed by atoms with Gasteiger partial charge >= 0.3 is 16.4 Å². The molecule has 3 saturated heterocycles. The zero-order valence-electron chi connectivity index (χ0n) is 13.5. The van der Waals surface area contributed by atoms with Gasteiger partial charge in [0.05, 0.1) is 18.2 Å². The molecule has 146 valence electrons. The molecule has 26 heavy (non-hydrogen) atoms. The van der Waals surface area contributed by atoms with Crippen molar-refractivity contribution in [2.75, 3.05) is 13.1 Å². The van der Waals surface area contributed by atoms with Gasteiger partial charge in [0.25, 0.3) is 5.91 Å². The predicted octanol–water partition coefficient (Wildman–Crippen LogP) is -2.75. The molecule has 0 unspecified atom stereocenters. The third-order valence-electron chi connectivity index (χ3n) is 4.56. The number of urea groups is 1. The molecule has 3 aliphatic heterocycles. The molecular formula is C12H19N5O8S. The Labute approximate surface area is 148 Å². The van der Waals surface area contributed by atoms with Crippen molar-refractivity contribution in [1.82, 2.24) is 20.8 Å². The van der Waals surface area contributed by atoms with Gasteiger partial charge in [-0.05, 0) is 12.8 Å². The van der Waals surface area contributed by atoms with Gasteiger partial charge in [-0.2, -0.15) is 13.5 Å². The smallest absolute Gasteiger partial charge is 0.368 e. The van der Waals surface area contributed by atoms with Crippen molar-refractivity contribution in [3.05, 3.63) is 0 Å². The lowest BCUT2D eigenvalue weighted by Gasteiger charge is -2.29. The molecule has 0 aromatic rings. The van der Waals surface area contributed by atoms with Crippen molar-refractivity contribution in [1.29, 1.82) is 0 Å². The number of hydroxylamine groups is 3. The molecule has 3 rings (SSSR count). The van der Waals surface area contributed by atoms with E-state index >= 15 is 0 Å². The van der Waals surface area contributed by atoms with E-state index < -0.39 is 52.5 Å². The predicted molar refractivity (Wildman–Crippen MR) is 82.0 cm³/mol. The van der Waals surface area contributed by atoms with Crippen LogP contribution >= 0.6 is 0 Å². The number of hydrogen-bond acceptors (Lipinski definition) is 8. The van der Waals surface area contributed by atoms with Crippen molar-refractivity contribution in [2.24, 2.45) is 5.73 Å². The van der Waals surface area contributed by atoms with E-state index in [9.17, 15) is 22.8 Å². The van der Waals surface area contributed by atoms with E-state index in [0.717, 1.165) is 4.90 Å². The maximum absolute atomic E-state index is 12.3. The van der Waals surface area contributed by atoms with Crippen LogP contribution in [0.3, 0.4) is 0 Å². The number of nitrogens with one attached hydrogen (secondary N) is 2. The fourth-order valence-corrected chi connectivity index (χ4v) is 3.71. The molecule has 5 N–H and O–H groups in total. The summed E-state index contributed by atoms with van der Waals surface area (Å²) in [5, 5.41) is 3.41. The van der Waals surface area contributed by atoms with Gasteiger partial charge in [0.1, 0.15) is 6.04 Å². The zero-order valence-corrected chi connectivity index (χ0v) is 14.3. The molecule has 0 aromatic carbocycles. The first-order valence-corrected chi connectivity index (χ1v) is 9.27. The number of carbonyl (C=O) groups excluding carboxylic acids is 3. The third kappa shape index (κ3) is 3.88. The van der Waals surface area contributed by atoms with E-state index in [4.69, 9.17) is 15.1 Å². The van der Waals surface area contributed by atoms with Crippen LogP contribution in [0.2, 0.25) is 0 Å². The minimum Gasteiger partial charge on any atom is -0.368 e. The van der Waals surface area contributed by atoms with E-state index in [1.165, 1.54) is 0 Å². The Balaban J connectivity index is 1.55. The summed E-state index contributed by atoms with van der Waals surface area (Å²) in [6.07, 6.45) is 0.441. The molecule has 0 saturated carbocycles. The van der Waals surface area contributed by atoms with Crippen LogP contribution in [-0.2, 0) is 29.1 Å². The summed E-state index contributed by atoms with van der Waals surface area (Å²) < 4.78 is 34.7. The van der Waals surface area contributed by atoms with Gasteiger partial charge in [0, 0.05) is 19.5 Å². The van der Waals surface area contributed by atoms with Crippen molar-refractivity contribution in [2.45, 2.75) is 43.5 Å². The zero-order chi connectivity index (χ0) is 19.1. The second kappa shape index (κ2) is 6.96. The molecule has 0 aliphatic carbocycles. The molecule has 2 bridgehead atoms. The molecule has 4 atom stereocenters. The average molecular weight is 393 g/mol. The average Bonchev–Trinajstić information content (AvgIpc) is 3.12. The normalized spacial score (nSPS) is 31.3. The summed E-state index contributed by atoms with van der Waals surface area (Å²) in [6.45, 7) is 0.417. The Kier molecular flexibility index (Phi) is 5.03. The molecule has 0 radical (unpaired) electrons. The topological polar surface area (TPSA) is 181 Å². The monoisotopic (exact) mass is 393 g/mol. The van der Waals surface area contributed by atoms with Gasteiger partial charge in [-0.1, -0.05) is 0 Å². The Hall–Kier alpha value is -2.00. The number of hydrogen-bond donors (Lipinski definition) is 4. The quantitative estimate of drug-likeness (QED) is 0.275. The summed E-state index contributed by atoms with van der Waals surface area (Å²) in [5.41, 5.74) is 7.45. The number of fused-ring (bicyclic) bond motifs is 2. The summed E-state index contributed by atoms with van der Waals surface area (Å²) in [6, 6.07) is -2.81. The summed E-state index contributed by atoms with van der Waals surface area (Å²) in [4.78, 5) is 42.0. The first-order chi connectivity index (χ1) is 12.2. The van der Waals surface area contributed by atoms with E-state index in [2.05, 4.69) is 15.1 Å². The number of nitrogens with zero attached hydrogens (tertiary/aromatic N) is 2. The standard InChI is InChI=1S/C12H19N5O8S/c13-10(18)8-3-7(4-14-8)24-15-11(19)9-2-1-6-5-16(9)12(20)17(6)25-26(21,22)23/h6-9,14H,1-5H2,(H2,13,18)(H,15,19)(H,21,22,23)/t6-,7-,8+,9+/m1/s1. The van der Waals surface area contributed by atoms with Gasteiger partial charge in [-0.25, -0.2) is 10.3 Å². The molecule has 3 aliphatic rings. The van der Waals surface area contributed by atoms with Crippen LogP contribution in [0.5, 0.6) is 0 Å². The van der Waals surface area contributed by atoms with Crippen molar-refractivity contribution < 1.29 is 36.5 Å². The lowest BCUT2D eigenvalue weighted by atomic mass is 10.0. The fourth-order valence-electron chi connectivity index (χ4n) is 3.32. The van der Waals surface area contributed by atoms with Gasteiger partial charge in [-0.15, -0.1) is 4.28 Å². The molecular weight excluding hydrogens is 374 g/mol. The summed E-state index contributed by atoms with van der Waals surface area (Å²) in [7, 11) is -4.84. The first-order valence-electron chi connectivity index (χ1n) is 7.90. The van der Waals surface area contributed by atoms with E-state index in [-0.39, 0.29) is 13.0 Å². The Morgan fingerprint density at radius 3 is 2.69 bits per heavy atom. The summed E-state index contributed by atoms with van der Waals surface area (Å²) in [5.74, 6) is -1.09. The highest BCUT2D eigenvalue weighted by atomic mass is 32.3. The van der Waals surface area contributed by atoms with Crippen LogP contribution in [0.25, 0.3) is 0 Å². The fraction of sp³-hybridized carbons (Fsp3) is 0.750. The maximum atomic E-state index is 12.3. The van der Waals surface area contributed by atoms with Crippen LogP contribution in [0.15, 0.2) is 0 Å². The highest BCUT2D eigenvalue weighted by Gasteiger charge is 2.49. The first kappa shape index (κ1) is 18.8. The second-order valence-electron chi connectivity index (χ2n) is 6.32. The van der Waals surface area contributed by atoms with Crippen molar-refractivity contribution in [3.63, 3.8) is 0 Å². The molecule has 13 nitrogen and oxygen atoms in total. The van der Waals surface area contributed by atoms with Crippen LogP contribution in [0, 0.1) is 0 Å². The lowest BCUT2D eigenvalue weighted by molar-refractivity contribution is -0.143. The highest BCUT2D eigenvalue weighted by Crippen LogP contribution is 2.30. The summed E-state index contributed by atoms with van der Waals surface area (Å²) >= 11 is 0. The van der Waals surface area contributed by atoms with Crippen LogP contribution in [0.4, 0.5) is 4.79 Å². The Bertz CT molecular complexity index is 714. The van der Waals surface area contributed by atoms with Gasteiger partial charge < -0.3 is 16.0 Å². The third-order valence-corrected chi connectivity index (χ3v) is 4.91. The number of carbonyl (C=O) groups is 3. The highest BCUT2D eigenvalue weighted by molar-refractivity contribution is 7.80. The lowest BCUT2D eigenvalue weighted by Crippen LogP contribution is -2.50. The van der Waals surface area contributed by atoms with Gasteiger partial charge in [0.15, 0.2) is 0 Å². The largest absolute Gasteiger partial charge is 0.418 e. The van der Waals surface area contributed by atoms with E-state index in [1.54, 1.807) is 0 Å². The van der Waals surface area contributed by atoms with Crippen molar-refractivity contribution >= 4 is 28.2 Å². The number of piperidine rings is 1. The Morgan fingerprint density at radius 2 is 2.08 bits per heavy atom. The minimum atomic E-state index is -4.84. The molecule has 3 fully saturated rings. The van der Waals surface area contributed by atoms with E-state index in [1.807, 2.05) is 0 Å². The van der Waals surface area contributed by atoms with Gasteiger partial charge in [-0.3, -0.25) is 19.0 Å². The van der Waals surface area contributed by atoms with Crippen LogP contribution in [-0.4, -0.2) is 78.1 Å². The minimum absolute atomic E-state index is 0.0845. The number of amides is 4. The number of nitrogens with two attached hydrogens (primary N) is 1. The van der Waals surface area contributed by atoms with Crippen LogP contribution in [0.1, 0.15) is 19.3 Å². The molecule has 4 amide bonds. The maximum Gasteiger partial charge on any atom is 0.418 e. The van der Waals surface area contributed by atoms with E-state index in [0.29, 0.717) is 24.4 Å². The number of primary amides is 1. The van der Waals surface area contributed by atoms with Gasteiger partial charge in [0.2, 0.25) is 5.91 Å². The van der Waals surface area contributed by atoms with Crippen molar-refractivity contribution in [3.8, 4) is 0 Å². The molecule has 0 spiro atoms. The second-order valence-corrected chi connectivity index (χ2v) is 7.32.